The van der Waals surface area contributed by atoms with Crippen LogP contribution < -0.4 is 20.3 Å². The van der Waals surface area contributed by atoms with E-state index in [2.05, 4.69) is 58.2 Å². The van der Waals surface area contributed by atoms with Crippen LogP contribution >= 0.6 is 47.8 Å². The third-order valence-corrected chi connectivity index (χ3v) is 8.79. The molecule has 0 aliphatic rings. The standard InChI is InChI=1S/C29H26Br3FN4O4/c1-4-16(3)28-36-21-11-10-18(30)13-19(21)29(39)37(28)34-14-17-12-23(40-5-2)27(26(32)25(17)31)41-15-24(38)35-22-9-7-6-8-20(22)33/h6-14,16H,4-5,15H2,1-3H3,(H,35,38)/t16-/m0/s1. The first kappa shape index (κ1) is 30.9. The Kier molecular flexibility index (Phi) is 10.3. The summed E-state index contributed by atoms with van der Waals surface area (Å²) >= 11 is 10.5. The molecule has 4 rings (SSSR count). The van der Waals surface area contributed by atoms with Gasteiger partial charge in [-0.25, -0.2) is 9.37 Å². The van der Waals surface area contributed by atoms with Gasteiger partial charge in [0.15, 0.2) is 18.1 Å². The molecular formula is C29H26Br3FN4O4. The number of rotatable bonds is 10. The lowest BCUT2D eigenvalue weighted by molar-refractivity contribution is -0.118. The van der Waals surface area contributed by atoms with E-state index in [1.54, 1.807) is 24.3 Å². The van der Waals surface area contributed by atoms with Crippen LogP contribution in [0.25, 0.3) is 10.9 Å². The molecule has 12 heteroatoms. The highest BCUT2D eigenvalue weighted by molar-refractivity contribution is 9.13. The quantitative estimate of drug-likeness (QED) is 0.168. The van der Waals surface area contributed by atoms with Gasteiger partial charge in [0, 0.05) is 20.4 Å². The number of ether oxygens (including phenoxy) is 2. The number of para-hydroxylation sites is 1. The van der Waals surface area contributed by atoms with Gasteiger partial charge < -0.3 is 14.8 Å². The van der Waals surface area contributed by atoms with Crippen LogP contribution in [0.4, 0.5) is 10.1 Å². The second kappa shape index (κ2) is 13.7. The normalized spacial score (nSPS) is 12.1. The van der Waals surface area contributed by atoms with Crippen molar-refractivity contribution in [1.82, 2.24) is 9.66 Å². The van der Waals surface area contributed by atoms with Gasteiger partial charge >= 0.3 is 0 Å². The van der Waals surface area contributed by atoms with Crippen molar-refractivity contribution in [3.63, 3.8) is 0 Å². The van der Waals surface area contributed by atoms with Crippen LogP contribution in [0.1, 0.15) is 44.5 Å². The number of halogens is 4. The topological polar surface area (TPSA) is 94.8 Å². The molecule has 0 fully saturated rings. The zero-order chi connectivity index (χ0) is 29.7. The van der Waals surface area contributed by atoms with Gasteiger partial charge in [0.05, 0.1) is 33.9 Å². The molecule has 0 unspecified atom stereocenters. The van der Waals surface area contributed by atoms with E-state index in [0.717, 1.165) is 10.9 Å². The van der Waals surface area contributed by atoms with Gasteiger partial charge in [-0.15, -0.1) is 0 Å². The first-order valence-electron chi connectivity index (χ1n) is 12.7. The number of aromatic nitrogens is 2. The number of carbonyl (C=O) groups excluding carboxylic acids is 1. The molecule has 1 aromatic heterocycles. The fourth-order valence-electron chi connectivity index (χ4n) is 3.88. The zero-order valence-corrected chi connectivity index (χ0v) is 27.1. The summed E-state index contributed by atoms with van der Waals surface area (Å²) in [7, 11) is 0. The van der Waals surface area contributed by atoms with Crippen LogP contribution in [0.2, 0.25) is 0 Å². The lowest BCUT2D eigenvalue weighted by Gasteiger charge is -2.17. The molecule has 1 heterocycles. The van der Waals surface area contributed by atoms with E-state index in [9.17, 15) is 14.0 Å². The van der Waals surface area contributed by atoms with Crippen LogP contribution in [-0.4, -0.2) is 35.0 Å². The predicted molar refractivity (Wildman–Crippen MR) is 169 cm³/mol. The van der Waals surface area contributed by atoms with Crippen molar-refractivity contribution in [2.45, 2.75) is 33.1 Å². The monoisotopic (exact) mass is 750 g/mol. The number of benzene rings is 3. The Morgan fingerprint density at radius 1 is 1.12 bits per heavy atom. The average molecular weight is 753 g/mol. The summed E-state index contributed by atoms with van der Waals surface area (Å²) < 4.78 is 28.6. The highest BCUT2D eigenvalue weighted by Crippen LogP contribution is 2.42. The minimum atomic E-state index is -0.548. The zero-order valence-electron chi connectivity index (χ0n) is 22.4. The van der Waals surface area contributed by atoms with Crippen LogP contribution in [0.3, 0.4) is 0 Å². The van der Waals surface area contributed by atoms with Gasteiger partial charge in [-0.05, 0) is 81.6 Å². The van der Waals surface area contributed by atoms with E-state index < -0.39 is 18.3 Å². The second-order valence-electron chi connectivity index (χ2n) is 8.97. The van der Waals surface area contributed by atoms with Crippen molar-refractivity contribution in [3.8, 4) is 11.5 Å². The molecule has 1 atom stereocenters. The smallest absolute Gasteiger partial charge is 0.282 e. The van der Waals surface area contributed by atoms with E-state index in [4.69, 9.17) is 14.5 Å². The third-order valence-electron chi connectivity index (χ3n) is 6.15. The van der Waals surface area contributed by atoms with E-state index >= 15 is 0 Å². The molecular weight excluding hydrogens is 727 g/mol. The minimum absolute atomic E-state index is 0.0201. The van der Waals surface area contributed by atoms with Gasteiger partial charge in [0.1, 0.15) is 11.6 Å². The summed E-state index contributed by atoms with van der Waals surface area (Å²) in [6.07, 6.45) is 2.30. The molecule has 0 saturated carbocycles. The van der Waals surface area contributed by atoms with Crippen molar-refractivity contribution >= 4 is 76.5 Å². The first-order valence-corrected chi connectivity index (χ1v) is 15.1. The van der Waals surface area contributed by atoms with Crippen LogP contribution in [0.15, 0.2) is 71.8 Å². The lowest BCUT2D eigenvalue weighted by atomic mass is 10.1. The van der Waals surface area contributed by atoms with Crippen LogP contribution in [0, 0.1) is 5.82 Å². The van der Waals surface area contributed by atoms with Crippen LogP contribution in [-0.2, 0) is 4.79 Å². The molecule has 3 aromatic carbocycles. The molecule has 4 aromatic rings. The molecule has 0 aliphatic heterocycles. The second-order valence-corrected chi connectivity index (χ2v) is 11.5. The summed E-state index contributed by atoms with van der Waals surface area (Å²) in [6.45, 7) is 5.76. The molecule has 41 heavy (non-hydrogen) atoms. The SMILES string of the molecule is CCOc1cc(C=Nn2c([C@@H](C)CC)nc3ccc(Br)cc3c2=O)c(Br)c(Br)c1OCC(=O)Nc1ccccc1F. The van der Waals surface area contributed by atoms with Gasteiger partial charge in [-0.2, -0.15) is 9.78 Å². The maximum absolute atomic E-state index is 13.9. The van der Waals surface area contributed by atoms with Crippen molar-refractivity contribution in [2.24, 2.45) is 5.10 Å². The number of carbonyl (C=O) groups is 1. The van der Waals surface area contributed by atoms with E-state index in [1.807, 2.05) is 26.8 Å². The fourth-order valence-corrected chi connectivity index (χ4v) is 5.18. The summed E-state index contributed by atoms with van der Waals surface area (Å²) in [6, 6.07) is 12.9. The number of nitrogens with zero attached hydrogens (tertiary/aromatic N) is 3. The fraction of sp³-hybridized carbons (Fsp3) is 0.241. The largest absolute Gasteiger partial charge is 0.490 e. The Morgan fingerprint density at radius 2 is 1.88 bits per heavy atom. The number of fused-ring (bicyclic) bond motifs is 1. The van der Waals surface area contributed by atoms with Gasteiger partial charge in [-0.3, -0.25) is 9.59 Å². The maximum atomic E-state index is 13.9. The summed E-state index contributed by atoms with van der Waals surface area (Å²) in [5.41, 5.74) is 0.951. The van der Waals surface area contributed by atoms with Crippen molar-refractivity contribution in [3.05, 3.63) is 89.5 Å². The molecule has 1 N–H and O–H groups in total. The molecule has 0 radical (unpaired) electrons. The number of nitrogens with one attached hydrogen (secondary N) is 1. The molecule has 0 saturated heterocycles. The Labute approximate surface area is 261 Å². The Bertz CT molecular complexity index is 1690. The predicted octanol–water partition coefficient (Wildman–Crippen LogP) is 7.64. The third kappa shape index (κ3) is 7.04. The maximum Gasteiger partial charge on any atom is 0.282 e. The molecule has 0 spiro atoms. The average Bonchev–Trinajstić information content (AvgIpc) is 2.95. The molecule has 214 valence electrons. The summed E-state index contributed by atoms with van der Waals surface area (Å²) in [5.74, 6) is 0.0526. The Morgan fingerprint density at radius 3 is 2.59 bits per heavy atom. The highest BCUT2D eigenvalue weighted by Gasteiger charge is 2.20. The minimum Gasteiger partial charge on any atom is -0.490 e. The lowest BCUT2D eigenvalue weighted by Crippen LogP contribution is -2.23. The number of anilines is 1. The molecule has 0 bridgehead atoms. The summed E-state index contributed by atoms with van der Waals surface area (Å²) in [5, 5.41) is 7.47. The number of hydrogen-bond donors (Lipinski definition) is 1. The Hall–Kier alpha value is -3.09. The van der Waals surface area contributed by atoms with Gasteiger partial charge in [0.2, 0.25) is 0 Å². The van der Waals surface area contributed by atoms with Crippen molar-refractivity contribution in [1.29, 1.82) is 0 Å². The Balaban J connectivity index is 1.68. The van der Waals surface area contributed by atoms with Crippen LogP contribution in [0.5, 0.6) is 11.5 Å². The van der Waals surface area contributed by atoms with E-state index in [1.165, 1.54) is 29.1 Å². The number of amides is 1. The summed E-state index contributed by atoms with van der Waals surface area (Å²) in [4.78, 5) is 30.7. The van der Waals surface area contributed by atoms with Gasteiger partial charge in [0.25, 0.3) is 11.5 Å². The van der Waals surface area contributed by atoms with Crippen molar-refractivity contribution < 1.29 is 18.7 Å². The van der Waals surface area contributed by atoms with Gasteiger partial charge in [-0.1, -0.05) is 41.9 Å². The molecule has 1 amide bonds. The van der Waals surface area contributed by atoms with E-state index in [-0.39, 0.29) is 22.9 Å². The van der Waals surface area contributed by atoms with Crippen molar-refractivity contribution in [2.75, 3.05) is 18.5 Å². The molecule has 0 aliphatic carbocycles. The molecule has 8 nitrogen and oxygen atoms in total. The first-order chi connectivity index (χ1) is 19.6. The highest BCUT2D eigenvalue weighted by atomic mass is 79.9. The van der Waals surface area contributed by atoms with E-state index in [0.29, 0.717) is 43.6 Å². The number of hydrogen-bond acceptors (Lipinski definition) is 6.